The first kappa shape index (κ1) is 19.9. The summed E-state index contributed by atoms with van der Waals surface area (Å²) < 4.78 is 0. The van der Waals surface area contributed by atoms with Gasteiger partial charge in [-0.05, 0) is 23.6 Å². The zero-order chi connectivity index (χ0) is 19.2. The Morgan fingerprint density at radius 1 is 1.11 bits per heavy atom. The molecular formula is C21H22Cl2N2O2. The molecule has 0 radical (unpaired) electrons. The van der Waals surface area contributed by atoms with E-state index < -0.39 is 11.9 Å². The van der Waals surface area contributed by atoms with Crippen molar-refractivity contribution in [2.24, 2.45) is 0 Å². The summed E-state index contributed by atoms with van der Waals surface area (Å²) in [7, 11) is 0. The van der Waals surface area contributed by atoms with Crippen LogP contribution in [0.15, 0.2) is 60.7 Å². The zero-order valence-corrected chi connectivity index (χ0v) is 16.4. The Morgan fingerprint density at radius 3 is 2.59 bits per heavy atom. The van der Waals surface area contributed by atoms with E-state index in [0.717, 1.165) is 30.1 Å². The summed E-state index contributed by atoms with van der Waals surface area (Å²) in [5, 5.41) is 12.3. The second kappa shape index (κ2) is 9.38. The molecule has 0 unspecified atom stereocenters. The molecule has 0 fully saturated rings. The quantitative estimate of drug-likeness (QED) is 0.428. The number of benzene rings is 2. The van der Waals surface area contributed by atoms with Gasteiger partial charge in [0.05, 0.1) is 22.5 Å². The van der Waals surface area contributed by atoms with Gasteiger partial charge in [0.1, 0.15) is 0 Å². The highest BCUT2D eigenvalue weighted by atomic mass is 35.5. The fraction of sp³-hybridized carbons (Fsp3) is 0.286. The van der Waals surface area contributed by atoms with Crippen LogP contribution in [0.4, 0.5) is 0 Å². The third-order valence-corrected chi connectivity index (χ3v) is 5.54. The van der Waals surface area contributed by atoms with Crippen LogP contribution >= 0.6 is 23.2 Å². The summed E-state index contributed by atoms with van der Waals surface area (Å²) in [5.74, 6) is -0.416. The van der Waals surface area contributed by atoms with Crippen molar-refractivity contribution in [2.75, 3.05) is 19.6 Å². The third kappa shape index (κ3) is 5.11. The minimum absolute atomic E-state index is 0.0148. The molecular weight excluding hydrogens is 383 g/mol. The summed E-state index contributed by atoms with van der Waals surface area (Å²) in [6.45, 7) is 2.27. The maximum atomic E-state index is 12.8. The standard InChI is InChI=1S/C21H22Cl2N2O2/c22-18-11-7-10-17(21(18)23)14-20(26)25(27)19(16-8-3-1-4-9-16)15-24-12-5-2-6-13-24/h1-5,7-11,19,27H,6,12-15H2/t19-/m1/s1. The van der Waals surface area contributed by atoms with Crippen LogP contribution in [0.5, 0.6) is 0 Å². The van der Waals surface area contributed by atoms with Crippen LogP contribution < -0.4 is 0 Å². The summed E-state index contributed by atoms with van der Waals surface area (Å²) in [6, 6.07) is 14.3. The average Bonchev–Trinajstić information content (AvgIpc) is 2.70. The van der Waals surface area contributed by atoms with Gasteiger partial charge in [0.2, 0.25) is 0 Å². The van der Waals surface area contributed by atoms with Crippen LogP contribution in [0.2, 0.25) is 10.0 Å². The predicted octanol–water partition coefficient (Wildman–Crippen LogP) is 4.76. The number of carbonyl (C=O) groups is 1. The second-order valence-electron chi connectivity index (χ2n) is 6.57. The first-order chi connectivity index (χ1) is 13.1. The number of nitrogens with zero attached hydrogens (tertiary/aromatic N) is 2. The van der Waals surface area contributed by atoms with Gasteiger partial charge in [-0.25, -0.2) is 5.06 Å². The van der Waals surface area contributed by atoms with E-state index in [1.54, 1.807) is 18.2 Å². The van der Waals surface area contributed by atoms with E-state index >= 15 is 0 Å². The highest BCUT2D eigenvalue weighted by molar-refractivity contribution is 6.42. The van der Waals surface area contributed by atoms with Gasteiger partial charge in [0.15, 0.2) is 0 Å². The Hall–Kier alpha value is -1.85. The van der Waals surface area contributed by atoms with E-state index in [1.807, 2.05) is 30.3 Å². The average molecular weight is 405 g/mol. The molecule has 0 aliphatic carbocycles. The molecule has 0 saturated carbocycles. The van der Waals surface area contributed by atoms with Crippen molar-refractivity contribution >= 4 is 29.1 Å². The SMILES string of the molecule is O=C(Cc1cccc(Cl)c1Cl)N(O)[C@H](CN1CC=CCC1)c1ccccc1. The van der Waals surface area contributed by atoms with Crippen LogP contribution in [0.3, 0.4) is 0 Å². The van der Waals surface area contributed by atoms with Gasteiger partial charge in [0, 0.05) is 19.6 Å². The van der Waals surface area contributed by atoms with Crippen molar-refractivity contribution in [3.8, 4) is 0 Å². The van der Waals surface area contributed by atoms with Crippen molar-refractivity contribution in [2.45, 2.75) is 18.9 Å². The number of rotatable bonds is 6. The Morgan fingerprint density at radius 2 is 1.89 bits per heavy atom. The van der Waals surface area contributed by atoms with Gasteiger partial charge in [-0.3, -0.25) is 14.9 Å². The van der Waals surface area contributed by atoms with E-state index in [4.69, 9.17) is 23.2 Å². The van der Waals surface area contributed by atoms with Crippen LogP contribution in [0.25, 0.3) is 0 Å². The largest absolute Gasteiger partial charge is 0.297 e. The highest BCUT2D eigenvalue weighted by Crippen LogP contribution is 2.27. The number of hydrogen-bond donors (Lipinski definition) is 1. The van der Waals surface area contributed by atoms with Crippen molar-refractivity contribution in [1.29, 1.82) is 0 Å². The third-order valence-electron chi connectivity index (χ3n) is 4.68. The number of carbonyl (C=O) groups excluding carboxylic acids is 1. The molecule has 1 amide bonds. The molecule has 1 aliphatic rings. The number of amides is 1. The number of halogens is 2. The molecule has 0 saturated heterocycles. The second-order valence-corrected chi connectivity index (χ2v) is 7.36. The molecule has 0 aromatic heterocycles. The maximum absolute atomic E-state index is 12.8. The monoisotopic (exact) mass is 404 g/mol. The smallest absolute Gasteiger partial charge is 0.251 e. The fourth-order valence-electron chi connectivity index (χ4n) is 3.20. The topological polar surface area (TPSA) is 43.8 Å². The zero-order valence-electron chi connectivity index (χ0n) is 14.9. The summed E-state index contributed by atoms with van der Waals surface area (Å²) in [6.07, 6.45) is 5.22. The van der Waals surface area contributed by atoms with E-state index in [0.29, 0.717) is 22.2 Å². The van der Waals surface area contributed by atoms with Gasteiger partial charge < -0.3 is 0 Å². The van der Waals surface area contributed by atoms with E-state index in [-0.39, 0.29) is 6.42 Å². The Balaban J connectivity index is 1.79. The van der Waals surface area contributed by atoms with Crippen LogP contribution in [0.1, 0.15) is 23.6 Å². The van der Waals surface area contributed by atoms with E-state index in [1.165, 1.54) is 0 Å². The Labute approximate surface area is 169 Å². The molecule has 4 nitrogen and oxygen atoms in total. The van der Waals surface area contributed by atoms with E-state index in [9.17, 15) is 10.0 Å². The lowest BCUT2D eigenvalue weighted by Crippen LogP contribution is -2.41. The normalized spacial score (nSPS) is 15.5. The van der Waals surface area contributed by atoms with Crippen molar-refractivity contribution in [1.82, 2.24) is 9.96 Å². The van der Waals surface area contributed by atoms with Crippen molar-refractivity contribution in [3.05, 3.63) is 81.9 Å². The molecule has 2 aromatic carbocycles. The Kier molecular flexibility index (Phi) is 6.91. The molecule has 0 bridgehead atoms. The van der Waals surface area contributed by atoms with Gasteiger partial charge in [0.25, 0.3) is 5.91 Å². The van der Waals surface area contributed by atoms with Gasteiger partial charge in [-0.2, -0.15) is 0 Å². The molecule has 1 N–H and O–H groups in total. The van der Waals surface area contributed by atoms with Gasteiger partial charge >= 0.3 is 0 Å². The molecule has 1 atom stereocenters. The number of hydroxylamine groups is 2. The maximum Gasteiger partial charge on any atom is 0.251 e. The highest BCUT2D eigenvalue weighted by Gasteiger charge is 2.27. The molecule has 2 aromatic rings. The van der Waals surface area contributed by atoms with Crippen LogP contribution in [-0.4, -0.2) is 40.7 Å². The minimum Gasteiger partial charge on any atom is -0.297 e. The van der Waals surface area contributed by atoms with Crippen LogP contribution in [0, 0.1) is 0 Å². The van der Waals surface area contributed by atoms with Crippen molar-refractivity contribution < 1.29 is 10.0 Å². The predicted molar refractivity (Wildman–Crippen MR) is 108 cm³/mol. The fourth-order valence-corrected chi connectivity index (χ4v) is 3.59. The summed E-state index contributed by atoms with van der Waals surface area (Å²) >= 11 is 12.2. The molecule has 0 spiro atoms. The molecule has 1 heterocycles. The van der Waals surface area contributed by atoms with Gasteiger partial charge in [-0.15, -0.1) is 0 Å². The molecule has 1 aliphatic heterocycles. The molecule has 27 heavy (non-hydrogen) atoms. The Bertz CT molecular complexity index is 811. The van der Waals surface area contributed by atoms with E-state index in [2.05, 4.69) is 17.1 Å². The molecule has 3 rings (SSSR count). The van der Waals surface area contributed by atoms with Gasteiger partial charge in [-0.1, -0.05) is 77.8 Å². The summed E-state index contributed by atoms with van der Waals surface area (Å²) in [5.41, 5.74) is 1.49. The first-order valence-electron chi connectivity index (χ1n) is 8.92. The molecule has 142 valence electrons. The lowest BCUT2D eigenvalue weighted by Gasteiger charge is -2.32. The lowest BCUT2D eigenvalue weighted by atomic mass is 10.0. The lowest BCUT2D eigenvalue weighted by molar-refractivity contribution is -0.177. The van der Waals surface area contributed by atoms with Crippen LogP contribution in [-0.2, 0) is 11.2 Å². The van der Waals surface area contributed by atoms with Crippen molar-refractivity contribution in [3.63, 3.8) is 0 Å². The first-order valence-corrected chi connectivity index (χ1v) is 9.68. The minimum atomic E-state index is -0.455. The summed E-state index contributed by atoms with van der Waals surface area (Å²) in [4.78, 5) is 15.0. The molecule has 6 heteroatoms. The number of hydrogen-bond acceptors (Lipinski definition) is 3.